The first-order valence-corrected chi connectivity index (χ1v) is 8.44. The Morgan fingerprint density at radius 2 is 2.12 bits per heavy atom. The summed E-state index contributed by atoms with van der Waals surface area (Å²) in [6.07, 6.45) is 7.26. The largest absolute Gasteiger partial charge is 0.298 e. The van der Waals surface area contributed by atoms with Crippen molar-refractivity contribution >= 4 is 16.7 Å². The van der Waals surface area contributed by atoms with Gasteiger partial charge in [0, 0.05) is 34.4 Å². The van der Waals surface area contributed by atoms with Crippen LogP contribution in [0, 0.1) is 0 Å². The number of fused-ring (bicyclic) bond motifs is 1. The third-order valence-corrected chi connectivity index (χ3v) is 4.50. The predicted octanol–water partition coefficient (Wildman–Crippen LogP) is 2.24. The number of hydrogen-bond donors (Lipinski definition) is 0. The lowest BCUT2D eigenvalue weighted by Crippen LogP contribution is -2.28. The summed E-state index contributed by atoms with van der Waals surface area (Å²) in [6, 6.07) is 5.63. The molecule has 1 aliphatic rings. The Balaban J connectivity index is 1.55. The average Bonchev–Trinajstić information content (AvgIpc) is 3.32. The maximum Gasteiger partial charge on any atom is 0.154 e. The van der Waals surface area contributed by atoms with Gasteiger partial charge < -0.3 is 0 Å². The fourth-order valence-corrected chi connectivity index (χ4v) is 3.22. The van der Waals surface area contributed by atoms with Gasteiger partial charge in [0.1, 0.15) is 5.82 Å². The number of ketones is 1. The van der Waals surface area contributed by atoms with Crippen LogP contribution in [0.5, 0.6) is 0 Å². The van der Waals surface area contributed by atoms with Gasteiger partial charge in [0.15, 0.2) is 5.78 Å². The van der Waals surface area contributed by atoms with E-state index in [-0.39, 0.29) is 12.2 Å². The molecule has 1 aliphatic heterocycles. The Morgan fingerprint density at radius 3 is 2.92 bits per heavy atom. The van der Waals surface area contributed by atoms with Crippen LogP contribution in [0.25, 0.3) is 22.0 Å². The minimum absolute atomic E-state index is 0.122. The van der Waals surface area contributed by atoms with E-state index in [9.17, 15) is 4.79 Å². The lowest BCUT2D eigenvalue weighted by Gasteiger charge is -2.12. The van der Waals surface area contributed by atoms with Gasteiger partial charge >= 0.3 is 0 Å². The summed E-state index contributed by atoms with van der Waals surface area (Å²) in [7, 11) is 0. The highest BCUT2D eigenvalue weighted by Gasteiger charge is 2.16. The maximum atomic E-state index is 12.3. The van der Waals surface area contributed by atoms with E-state index in [1.54, 1.807) is 6.20 Å². The zero-order chi connectivity index (χ0) is 19.7. The summed E-state index contributed by atoms with van der Waals surface area (Å²) in [6.45, 7) is 0.116. The monoisotopic (exact) mass is 338 g/mol. The van der Waals surface area contributed by atoms with E-state index in [2.05, 4.69) is 20.0 Å². The fraction of sp³-hybridized carbons (Fsp3) is 0.368. The van der Waals surface area contributed by atoms with Crippen LogP contribution < -0.4 is 0 Å². The second-order valence-electron chi connectivity index (χ2n) is 6.43. The van der Waals surface area contributed by atoms with Crippen LogP contribution >= 0.6 is 0 Å². The maximum absolute atomic E-state index is 12.3. The number of benzene rings is 1. The quantitative estimate of drug-likeness (QED) is 0.714. The average molecular weight is 338 g/mol. The van der Waals surface area contributed by atoms with Crippen molar-refractivity contribution in [3.8, 4) is 11.1 Å². The standard InChI is InChI=1S/C19H21N5O/c1-23-12-16(11-21-23)14-4-5-15-10-20-19(22-18(15)8-14)9-17(25)13-24-6-2-3-7-24/h4-5,8,10-12H,2-3,6-7,9,13H2,1H3/i1D3. The highest BCUT2D eigenvalue weighted by Crippen LogP contribution is 2.22. The molecule has 0 N–H and O–H groups in total. The molecule has 0 unspecified atom stereocenters. The van der Waals surface area contributed by atoms with Gasteiger partial charge in [0.2, 0.25) is 0 Å². The van der Waals surface area contributed by atoms with Crippen LogP contribution in [0.3, 0.4) is 0 Å². The molecule has 6 nitrogen and oxygen atoms in total. The van der Waals surface area contributed by atoms with Gasteiger partial charge in [-0.15, -0.1) is 0 Å². The molecule has 0 radical (unpaired) electrons. The van der Waals surface area contributed by atoms with Gasteiger partial charge in [-0.3, -0.25) is 14.4 Å². The van der Waals surface area contributed by atoms with E-state index in [1.165, 1.54) is 12.4 Å². The number of aryl methyl sites for hydroxylation is 1. The minimum atomic E-state index is -2.31. The summed E-state index contributed by atoms with van der Waals surface area (Å²) in [5, 5.41) is 4.79. The first kappa shape index (κ1) is 12.7. The van der Waals surface area contributed by atoms with E-state index >= 15 is 0 Å². The number of aromatic nitrogens is 4. The SMILES string of the molecule is [2H]C([2H])([2H])n1cc(-c2ccc3cnc(CC(=O)CN4CCCC4)nc3c2)cn1. The number of carbonyl (C=O) groups is 1. The molecule has 0 bridgehead atoms. The highest BCUT2D eigenvalue weighted by molar-refractivity contribution is 5.85. The summed E-state index contributed by atoms with van der Waals surface area (Å²) < 4.78 is 23.3. The predicted molar refractivity (Wildman–Crippen MR) is 96.1 cm³/mol. The second kappa shape index (κ2) is 6.72. The van der Waals surface area contributed by atoms with E-state index in [0.717, 1.165) is 47.1 Å². The van der Waals surface area contributed by atoms with E-state index < -0.39 is 6.98 Å². The molecule has 0 spiro atoms. The number of hydrogen-bond acceptors (Lipinski definition) is 5. The summed E-state index contributed by atoms with van der Waals surface area (Å²) >= 11 is 0. The molecule has 128 valence electrons. The molecule has 0 atom stereocenters. The molecule has 3 heterocycles. The van der Waals surface area contributed by atoms with E-state index in [0.29, 0.717) is 17.9 Å². The topological polar surface area (TPSA) is 63.9 Å². The Morgan fingerprint density at radius 1 is 1.24 bits per heavy atom. The van der Waals surface area contributed by atoms with Gasteiger partial charge in [-0.2, -0.15) is 5.10 Å². The molecule has 4 rings (SSSR count). The Hall–Kier alpha value is -2.60. The van der Waals surface area contributed by atoms with Gasteiger partial charge in [0.25, 0.3) is 0 Å². The zero-order valence-electron chi connectivity index (χ0n) is 16.9. The smallest absolute Gasteiger partial charge is 0.154 e. The Labute approximate surface area is 150 Å². The molecule has 1 fully saturated rings. The van der Waals surface area contributed by atoms with Gasteiger partial charge in [-0.05, 0) is 37.6 Å². The van der Waals surface area contributed by atoms with E-state index in [4.69, 9.17) is 4.11 Å². The fourth-order valence-electron chi connectivity index (χ4n) is 3.22. The number of rotatable bonds is 5. The Bertz CT molecular complexity index is 1010. The van der Waals surface area contributed by atoms with Crippen molar-refractivity contribution < 1.29 is 8.91 Å². The first-order chi connectivity index (χ1) is 13.4. The molecule has 0 amide bonds. The molecule has 6 heteroatoms. The second-order valence-corrected chi connectivity index (χ2v) is 6.43. The molecular formula is C19H21N5O. The third-order valence-electron chi connectivity index (χ3n) is 4.50. The normalized spacial score (nSPS) is 17.4. The number of Topliss-reactive ketones (excluding diaryl/α,β-unsaturated/α-hetero) is 1. The van der Waals surface area contributed by atoms with Gasteiger partial charge in [-0.1, -0.05) is 12.1 Å². The van der Waals surface area contributed by atoms with Crippen LogP contribution in [-0.4, -0.2) is 50.1 Å². The molecule has 0 saturated carbocycles. The summed E-state index contributed by atoms with van der Waals surface area (Å²) in [5.74, 6) is 0.628. The number of nitrogens with zero attached hydrogens (tertiary/aromatic N) is 5. The summed E-state index contributed by atoms with van der Waals surface area (Å²) in [4.78, 5) is 23.3. The highest BCUT2D eigenvalue weighted by atomic mass is 16.1. The molecule has 2 aromatic heterocycles. The summed E-state index contributed by atoms with van der Waals surface area (Å²) in [5.41, 5.74) is 2.23. The number of carbonyl (C=O) groups excluding carboxylic acids is 1. The number of likely N-dealkylation sites (tertiary alicyclic amines) is 1. The zero-order valence-corrected chi connectivity index (χ0v) is 13.9. The molecular weight excluding hydrogens is 314 g/mol. The van der Waals surface area contributed by atoms with Crippen molar-refractivity contribution in [1.82, 2.24) is 24.6 Å². The third kappa shape index (κ3) is 3.58. The van der Waals surface area contributed by atoms with Crippen molar-refractivity contribution in [2.45, 2.75) is 19.3 Å². The molecule has 0 aliphatic carbocycles. The van der Waals surface area contributed by atoms with Crippen molar-refractivity contribution in [3.63, 3.8) is 0 Å². The lowest BCUT2D eigenvalue weighted by molar-refractivity contribution is -0.119. The van der Waals surface area contributed by atoms with Gasteiger partial charge in [0.05, 0.1) is 24.7 Å². The minimum Gasteiger partial charge on any atom is -0.298 e. The molecule has 25 heavy (non-hydrogen) atoms. The van der Waals surface area contributed by atoms with Crippen molar-refractivity contribution in [2.24, 2.45) is 6.98 Å². The van der Waals surface area contributed by atoms with Crippen molar-refractivity contribution in [1.29, 1.82) is 0 Å². The van der Waals surface area contributed by atoms with Crippen LogP contribution in [-0.2, 0) is 18.2 Å². The first-order valence-electron chi connectivity index (χ1n) is 9.94. The van der Waals surface area contributed by atoms with Crippen molar-refractivity contribution in [3.05, 3.63) is 42.6 Å². The van der Waals surface area contributed by atoms with Gasteiger partial charge in [-0.25, -0.2) is 9.97 Å². The van der Waals surface area contributed by atoms with Crippen LogP contribution in [0.1, 0.15) is 22.8 Å². The van der Waals surface area contributed by atoms with Crippen LogP contribution in [0.4, 0.5) is 0 Å². The lowest BCUT2D eigenvalue weighted by atomic mass is 10.1. The van der Waals surface area contributed by atoms with Crippen LogP contribution in [0.2, 0.25) is 0 Å². The van der Waals surface area contributed by atoms with E-state index in [1.807, 2.05) is 18.2 Å². The Kier molecular flexibility index (Phi) is 3.42. The molecule has 1 aromatic carbocycles. The van der Waals surface area contributed by atoms with Crippen LogP contribution in [0.15, 0.2) is 36.8 Å². The molecule has 1 saturated heterocycles. The molecule has 3 aromatic rings. The van der Waals surface area contributed by atoms with Crippen molar-refractivity contribution in [2.75, 3.05) is 19.6 Å².